The summed E-state index contributed by atoms with van der Waals surface area (Å²) in [5, 5.41) is 48.3. The number of benzene rings is 4. The molecule has 0 spiro atoms. The van der Waals surface area contributed by atoms with Crippen LogP contribution in [-0.4, -0.2) is 170 Å². The number of rotatable bonds is 57. The van der Waals surface area contributed by atoms with Crippen molar-refractivity contribution >= 4 is 118 Å². The summed E-state index contributed by atoms with van der Waals surface area (Å²) in [6.07, 6.45) is 30.2. The van der Waals surface area contributed by atoms with Gasteiger partial charge >= 0.3 is 36.1 Å². The molecule has 28 heteroatoms. The Hall–Kier alpha value is -8.80. The number of nitrogens with one attached hydrogen (secondary N) is 4. The molecular weight excluding hydrogens is 1850 g/mol. The first-order chi connectivity index (χ1) is 66.0. The second-order valence-electron chi connectivity index (χ2n) is 39.7. The highest BCUT2D eigenvalue weighted by atomic mass is 32.2. The van der Waals surface area contributed by atoms with Crippen molar-refractivity contribution in [2.24, 2.45) is 11.3 Å². The normalized spacial score (nSPS) is 13.7. The van der Waals surface area contributed by atoms with E-state index >= 15 is 4.79 Å². The minimum absolute atomic E-state index is 0.00363. The Bertz CT molecular complexity index is 4390. The van der Waals surface area contributed by atoms with Crippen LogP contribution in [-0.2, 0) is 80.7 Å². The smallest absolute Gasteiger partial charge is 0.407 e. The summed E-state index contributed by atoms with van der Waals surface area (Å²) in [6.45, 7) is 56.4. The number of aliphatic hydroxyl groups excluding tert-OH is 2. The van der Waals surface area contributed by atoms with Gasteiger partial charge in [0.1, 0.15) is 13.2 Å². The predicted octanol–water partition coefficient (Wildman–Crippen LogP) is 25.7. The van der Waals surface area contributed by atoms with Gasteiger partial charge < -0.3 is 70.4 Å². The number of amides is 6. The number of hydrogen-bond acceptors (Lipinski definition) is 20. The number of alkyl carbamates (subject to hydrolysis) is 2. The Morgan fingerprint density at radius 2 is 0.850 bits per heavy atom. The second-order valence-corrected chi connectivity index (χ2v) is 42.8. The van der Waals surface area contributed by atoms with Crippen LogP contribution in [0.1, 0.15) is 355 Å². The van der Waals surface area contributed by atoms with Crippen LogP contribution in [0.5, 0.6) is 0 Å². The van der Waals surface area contributed by atoms with E-state index in [0.717, 1.165) is 130 Å². The number of carboxylic acid groups (broad SMARTS) is 2. The van der Waals surface area contributed by atoms with E-state index in [1.54, 1.807) is 18.0 Å². The Morgan fingerprint density at radius 3 is 1.20 bits per heavy atom. The zero-order valence-corrected chi connectivity index (χ0v) is 91.6. The molecule has 0 saturated carbocycles. The summed E-state index contributed by atoms with van der Waals surface area (Å²) >= 11 is 10.3. The number of hydrogen-bond donors (Lipinski definition) is 10. The number of carbonyl (C=O) groups excluding carboxylic acids is 8. The maximum absolute atomic E-state index is 15.0. The van der Waals surface area contributed by atoms with Crippen LogP contribution in [0.3, 0.4) is 0 Å². The number of likely N-dealkylation sites (tertiary alicyclic amines) is 2. The van der Waals surface area contributed by atoms with Crippen LogP contribution in [0.15, 0.2) is 148 Å². The fraction of sp³-hybridized carbons (Fsp3) is 0.607. The Kier molecular flexibility index (Phi) is 63.9. The molecule has 6 rings (SSSR count). The second kappa shape index (κ2) is 69.2. The van der Waals surface area contributed by atoms with Crippen molar-refractivity contribution in [3.05, 3.63) is 192 Å². The molecule has 0 aliphatic carbocycles. The van der Waals surface area contributed by atoms with E-state index in [0.29, 0.717) is 74.7 Å². The third kappa shape index (κ3) is 51.9. The van der Waals surface area contributed by atoms with Crippen molar-refractivity contribution in [1.29, 1.82) is 0 Å². The lowest BCUT2D eigenvalue weighted by Gasteiger charge is -2.44. The van der Waals surface area contributed by atoms with E-state index in [4.69, 9.17) is 29.2 Å². The average Bonchev–Trinajstić information content (AvgIpc) is 0.783. The number of nitrogens with zero attached hydrogens (tertiary/aromatic N) is 2. The highest BCUT2D eigenvalue weighted by molar-refractivity contribution is 8.13. The van der Waals surface area contributed by atoms with Gasteiger partial charge in [0.15, 0.2) is 0 Å². The summed E-state index contributed by atoms with van der Waals surface area (Å²) < 4.78 is 21.6. The molecule has 0 bridgehead atoms. The van der Waals surface area contributed by atoms with Crippen molar-refractivity contribution in [3.8, 4) is 0 Å². The molecule has 0 radical (unpaired) electrons. The maximum atomic E-state index is 15.0. The largest absolute Gasteiger partial charge is 0.481 e. The van der Waals surface area contributed by atoms with Crippen molar-refractivity contribution in [3.63, 3.8) is 0 Å². The lowest BCUT2D eigenvalue weighted by molar-refractivity contribution is -0.160. The Balaban J connectivity index is 0.00000112. The van der Waals surface area contributed by atoms with E-state index in [2.05, 4.69) is 132 Å². The highest BCUT2D eigenvalue weighted by Gasteiger charge is 2.49. The molecule has 2 aliphatic rings. The van der Waals surface area contributed by atoms with Gasteiger partial charge in [0.25, 0.3) is 10.5 Å². The molecule has 786 valence electrons. The molecular formula is C112H176N6O18S4. The summed E-state index contributed by atoms with van der Waals surface area (Å²) in [7, 11) is 0. The van der Waals surface area contributed by atoms with Crippen molar-refractivity contribution in [2.45, 2.75) is 350 Å². The number of thiol groups is 2. The van der Waals surface area contributed by atoms with Crippen LogP contribution in [0.2, 0.25) is 0 Å². The minimum atomic E-state index is -1.29. The molecule has 2 heterocycles. The molecule has 6 amide bonds. The van der Waals surface area contributed by atoms with Crippen LogP contribution < -0.4 is 21.3 Å². The first-order valence-electron chi connectivity index (χ1n) is 50.3. The number of carbonyl (C=O) groups is 10. The fourth-order valence-electron chi connectivity index (χ4n) is 16.8. The van der Waals surface area contributed by atoms with E-state index < -0.39 is 74.4 Å². The number of esters is 2. The summed E-state index contributed by atoms with van der Waals surface area (Å²) in [5.41, 5.74) is 5.06. The average molecular weight is 2020 g/mol. The Labute approximate surface area is 860 Å². The van der Waals surface area contributed by atoms with E-state index in [9.17, 15) is 53.4 Å². The number of aliphatic hydroxyl groups is 2. The standard InChI is InChI=1S/C57H91N3O9S2.C16H30O2.2C15H21NO2S.C6H9NO.C3H4O2/c1-11-13-14-15-16-17-18-19-20-21-32-68-50(65)56(9,39-42(49(63)64)36-47(12-2)60-30-24-29-48(60)62)41-57(10,46-28-23-27-45(38-46)55(7,8)59-52(67)71-35-31-61)40-53(3,4)43-25-22-26-44(37-43)54(5,6)58-51(66)69-33-34-70;1-4-5-6-7-8-9-10-11-12-13-14-18-16(17)15(2)3;1-11(2)12-6-5-7-13(10-12)15(3,4)16-14(17)18-8-9-19;1-11(2)12-6-5-7-13(10-12)15(3,4)16-14(18)19-9-8-17;1-2-7-5-3-4-6(7)8;1-2-3(4)5/h22-23,25-28,37-38,42,47,61,70H,11-21,24,29-36,39-41H2,1-10H3,(H,58,66)(H,59,67)(H,63,64);2,4-14H2,1,3H3;5-7,10,19H,1,8-9H2,2-4H3,(H,16,17);5-7,10,17H,1,8-9H2,2-4H3,(H,16,18);2H,1,3-5H2;2H,1H2,(H,4,5). The van der Waals surface area contributed by atoms with E-state index in [1.807, 2.05) is 167 Å². The van der Waals surface area contributed by atoms with Crippen LogP contribution >= 0.6 is 48.8 Å². The molecule has 4 unspecified atom stereocenters. The monoisotopic (exact) mass is 2020 g/mol. The zero-order chi connectivity index (χ0) is 106. The predicted molar refractivity (Wildman–Crippen MR) is 583 cm³/mol. The SMILES string of the molecule is C=C(C)C(=O)OCCCCCCCCCCCC.C=C(C)c1cccc(C(C)(C)NC(=O)OCCS)c1.C=C(C)c1cccc(C(C)(C)NC(=O)SCCO)c1.C=CC(=O)O.C=CN1CCCC1=O.CCCCCCCCCCCCOC(=O)C(C)(CC(CC(CC)N1CCCC1=O)C(=O)O)CC(C)(CC(C)(C)c1cccc(C(C)(C)NC(=O)OCCS)c1)c1cccc(C(C)(C)NC(=O)SCCO)c1. The van der Waals surface area contributed by atoms with Crippen LogP contribution in [0.25, 0.3) is 11.1 Å². The Morgan fingerprint density at radius 1 is 0.479 bits per heavy atom. The fourth-order valence-corrected chi connectivity index (χ4v) is 18.2. The highest BCUT2D eigenvalue weighted by Crippen LogP contribution is 2.50. The molecule has 8 N–H and O–H groups in total. The van der Waals surface area contributed by atoms with Gasteiger partial charge in [-0.1, -0.05) is 310 Å². The number of aliphatic carboxylic acids is 2. The molecule has 4 aromatic carbocycles. The number of allylic oxidation sites excluding steroid dienone is 2. The number of thioether (sulfide) groups is 2. The van der Waals surface area contributed by atoms with Crippen molar-refractivity contribution in [2.75, 3.05) is 75.7 Å². The minimum Gasteiger partial charge on any atom is -0.481 e. The molecule has 2 saturated heterocycles. The molecule has 2 aliphatic heterocycles. The molecule has 0 aromatic heterocycles. The van der Waals surface area contributed by atoms with Crippen LogP contribution in [0, 0.1) is 11.3 Å². The van der Waals surface area contributed by atoms with Gasteiger partial charge in [-0.15, -0.1) is 0 Å². The van der Waals surface area contributed by atoms with Gasteiger partial charge in [-0.3, -0.25) is 28.8 Å². The van der Waals surface area contributed by atoms with Crippen molar-refractivity contribution < 1.29 is 87.3 Å². The molecule has 24 nitrogen and oxygen atoms in total. The zero-order valence-electron chi connectivity index (χ0n) is 88.2. The lowest BCUT2D eigenvalue weighted by Crippen LogP contribution is -2.44. The van der Waals surface area contributed by atoms with Crippen LogP contribution in [0.4, 0.5) is 19.2 Å². The number of carboxylic acids is 2. The summed E-state index contributed by atoms with van der Waals surface area (Å²) in [4.78, 5) is 125. The van der Waals surface area contributed by atoms with Gasteiger partial charge in [0, 0.05) is 66.6 Å². The first kappa shape index (κ1) is 129. The number of unbranched alkanes of at least 4 members (excludes halogenated alkanes) is 18. The summed E-state index contributed by atoms with van der Waals surface area (Å²) in [5.74, 6) is -1.78. The number of ether oxygens (including phenoxy) is 4. The molecule has 4 atom stereocenters. The maximum Gasteiger partial charge on any atom is 0.407 e. The van der Waals surface area contributed by atoms with Gasteiger partial charge in [0.05, 0.1) is 59.9 Å². The van der Waals surface area contributed by atoms with E-state index in [1.165, 1.54) is 96.3 Å². The molecule has 140 heavy (non-hydrogen) atoms. The summed E-state index contributed by atoms with van der Waals surface area (Å²) in [6, 6.07) is 31.9. The van der Waals surface area contributed by atoms with Gasteiger partial charge in [-0.05, 0) is 215 Å². The molecule has 2 fully saturated rings. The van der Waals surface area contributed by atoms with Gasteiger partial charge in [-0.2, -0.15) is 25.3 Å². The van der Waals surface area contributed by atoms with Gasteiger partial charge in [-0.25, -0.2) is 19.2 Å². The topological polar surface area (TPSA) is 343 Å². The lowest BCUT2D eigenvalue weighted by atomic mass is 9.60. The van der Waals surface area contributed by atoms with E-state index in [-0.39, 0.29) is 85.7 Å². The third-order valence-corrected chi connectivity index (χ3v) is 26.7. The quantitative estimate of drug-likeness (QED) is 0.00645. The first-order valence-corrected chi connectivity index (χ1v) is 53.5. The van der Waals surface area contributed by atoms with Gasteiger partial charge in [0.2, 0.25) is 11.8 Å². The molecule has 4 aromatic rings. The van der Waals surface area contributed by atoms with Crippen molar-refractivity contribution in [1.82, 2.24) is 31.1 Å². The third-order valence-electron chi connectivity index (χ3n) is 24.8.